The van der Waals surface area contributed by atoms with Gasteiger partial charge >= 0.3 is 5.97 Å². The van der Waals surface area contributed by atoms with Gasteiger partial charge in [-0.2, -0.15) is 0 Å². The van der Waals surface area contributed by atoms with E-state index in [9.17, 15) is 9.59 Å². The van der Waals surface area contributed by atoms with Crippen molar-refractivity contribution in [1.29, 1.82) is 0 Å². The number of rotatable bonds is 5. The van der Waals surface area contributed by atoms with Gasteiger partial charge in [0.2, 0.25) is 0 Å². The number of ether oxygens (including phenoxy) is 2. The first kappa shape index (κ1) is 14.0. The maximum absolute atomic E-state index is 11.6. The van der Waals surface area contributed by atoms with E-state index >= 15 is 0 Å². The van der Waals surface area contributed by atoms with E-state index in [1.165, 1.54) is 6.92 Å². The maximum atomic E-state index is 11.6. The predicted molar refractivity (Wildman–Crippen MR) is 66.3 cm³/mol. The normalized spacial score (nSPS) is 12.0. The predicted octanol–water partition coefficient (Wildman–Crippen LogP) is 1.50. The van der Waals surface area contributed by atoms with Gasteiger partial charge in [0.1, 0.15) is 5.75 Å². The average molecular weight is 251 g/mol. The van der Waals surface area contributed by atoms with Gasteiger partial charge in [0.15, 0.2) is 6.10 Å². The number of benzene rings is 1. The van der Waals surface area contributed by atoms with E-state index < -0.39 is 18.0 Å². The number of nitrogens with two attached hydrogens (primary N) is 1. The van der Waals surface area contributed by atoms with Crippen LogP contribution in [0.5, 0.6) is 5.75 Å². The highest BCUT2D eigenvalue weighted by Gasteiger charge is 2.16. The summed E-state index contributed by atoms with van der Waals surface area (Å²) in [7, 11) is 0. The zero-order valence-corrected chi connectivity index (χ0v) is 10.7. The van der Waals surface area contributed by atoms with Gasteiger partial charge in [-0.1, -0.05) is 0 Å². The number of hydrogen-bond acceptors (Lipinski definition) is 4. The van der Waals surface area contributed by atoms with Crippen LogP contribution in [0.4, 0.5) is 0 Å². The van der Waals surface area contributed by atoms with E-state index in [4.69, 9.17) is 15.2 Å². The third-order valence-electron chi connectivity index (χ3n) is 2.15. The quantitative estimate of drug-likeness (QED) is 0.804. The lowest BCUT2D eigenvalue weighted by Gasteiger charge is -2.11. The molecule has 18 heavy (non-hydrogen) atoms. The minimum atomic E-state index is -0.941. The summed E-state index contributed by atoms with van der Waals surface area (Å²) in [5, 5.41) is 0. The molecule has 0 saturated carbocycles. The first-order valence-electron chi connectivity index (χ1n) is 5.67. The second-order valence-corrected chi connectivity index (χ2v) is 4.14. The lowest BCUT2D eigenvalue weighted by atomic mass is 10.2. The Labute approximate surface area is 106 Å². The van der Waals surface area contributed by atoms with E-state index in [1.54, 1.807) is 24.3 Å². The van der Waals surface area contributed by atoms with E-state index in [2.05, 4.69) is 0 Å². The molecule has 0 fully saturated rings. The highest BCUT2D eigenvalue weighted by atomic mass is 16.5. The molecule has 98 valence electrons. The van der Waals surface area contributed by atoms with Crippen LogP contribution in [0.3, 0.4) is 0 Å². The number of amides is 1. The highest BCUT2D eigenvalue weighted by molar-refractivity contribution is 5.92. The van der Waals surface area contributed by atoms with Crippen molar-refractivity contribution in [2.24, 2.45) is 5.73 Å². The second-order valence-electron chi connectivity index (χ2n) is 4.14. The van der Waals surface area contributed by atoms with Crippen LogP contribution in [-0.4, -0.2) is 24.1 Å². The number of carbonyl (C=O) groups excluding carboxylic acids is 2. The van der Waals surface area contributed by atoms with Crippen LogP contribution in [-0.2, 0) is 9.53 Å². The van der Waals surface area contributed by atoms with Gasteiger partial charge in [-0.25, -0.2) is 4.79 Å². The fourth-order valence-corrected chi connectivity index (χ4v) is 1.23. The number of esters is 1. The zero-order chi connectivity index (χ0) is 13.7. The Morgan fingerprint density at radius 1 is 1.11 bits per heavy atom. The molecule has 0 aliphatic rings. The van der Waals surface area contributed by atoms with Crippen molar-refractivity contribution in [1.82, 2.24) is 0 Å². The molecule has 1 amide bonds. The van der Waals surface area contributed by atoms with Gasteiger partial charge in [0, 0.05) is 0 Å². The van der Waals surface area contributed by atoms with Crippen LogP contribution in [0, 0.1) is 0 Å². The molecular weight excluding hydrogens is 234 g/mol. The van der Waals surface area contributed by atoms with Crippen molar-refractivity contribution in [3.63, 3.8) is 0 Å². The molecule has 1 atom stereocenters. The molecule has 1 aromatic rings. The molecule has 5 nitrogen and oxygen atoms in total. The number of hydrogen-bond donors (Lipinski definition) is 1. The van der Waals surface area contributed by atoms with Crippen LogP contribution in [0.15, 0.2) is 24.3 Å². The number of carbonyl (C=O) groups is 2. The highest BCUT2D eigenvalue weighted by Crippen LogP contribution is 2.14. The smallest absolute Gasteiger partial charge is 0.338 e. The fraction of sp³-hybridized carbons (Fsp3) is 0.385. The van der Waals surface area contributed by atoms with Crippen LogP contribution >= 0.6 is 0 Å². The summed E-state index contributed by atoms with van der Waals surface area (Å²) in [6.07, 6.45) is -0.873. The van der Waals surface area contributed by atoms with Gasteiger partial charge in [0.05, 0.1) is 11.7 Å². The van der Waals surface area contributed by atoms with Crippen molar-refractivity contribution in [2.45, 2.75) is 33.0 Å². The third kappa shape index (κ3) is 4.08. The maximum Gasteiger partial charge on any atom is 0.338 e. The molecule has 0 unspecified atom stereocenters. The van der Waals surface area contributed by atoms with Gasteiger partial charge in [0.25, 0.3) is 5.91 Å². The van der Waals surface area contributed by atoms with Gasteiger partial charge in [-0.15, -0.1) is 0 Å². The average Bonchev–Trinajstić information content (AvgIpc) is 2.28. The van der Waals surface area contributed by atoms with Crippen LogP contribution in [0.2, 0.25) is 0 Å². The molecule has 0 aliphatic heterocycles. The van der Waals surface area contributed by atoms with Gasteiger partial charge < -0.3 is 15.2 Å². The van der Waals surface area contributed by atoms with Crippen molar-refractivity contribution in [3.05, 3.63) is 29.8 Å². The summed E-state index contributed by atoms with van der Waals surface area (Å²) in [5.41, 5.74) is 5.35. The monoisotopic (exact) mass is 251 g/mol. The molecule has 0 heterocycles. The van der Waals surface area contributed by atoms with Crippen molar-refractivity contribution < 1.29 is 19.1 Å². The molecule has 0 aliphatic carbocycles. The van der Waals surface area contributed by atoms with E-state index in [-0.39, 0.29) is 6.10 Å². The SMILES string of the molecule is CC(C)Oc1ccc(C(=O)O[C@@H](C)C(N)=O)cc1. The Hall–Kier alpha value is -2.04. The molecule has 5 heteroatoms. The molecule has 0 aromatic heterocycles. The van der Waals surface area contributed by atoms with Gasteiger partial charge in [-0.05, 0) is 45.0 Å². The first-order valence-corrected chi connectivity index (χ1v) is 5.67. The molecule has 0 radical (unpaired) electrons. The van der Waals surface area contributed by atoms with Crippen LogP contribution in [0.1, 0.15) is 31.1 Å². The van der Waals surface area contributed by atoms with Crippen molar-refractivity contribution in [3.8, 4) is 5.75 Å². The second kappa shape index (κ2) is 6.05. The van der Waals surface area contributed by atoms with E-state index in [1.807, 2.05) is 13.8 Å². The minimum absolute atomic E-state index is 0.0673. The standard InChI is InChI=1S/C13H17NO4/c1-8(2)17-11-6-4-10(5-7-11)13(16)18-9(3)12(14)15/h4-9H,1-3H3,(H2,14,15)/t9-/m0/s1. The molecule has 1 aromatic carbocycles. The zero-order valence-electron chi connectivity index (χ0n) is 10.7. The Kier molecular flexibility index (Phi) is 4.71. The van der Waals surface area contributed by atoms with E-state index in [0.29, 0.717) is 11.3 Å². The third-order valence-corrected chi connectivity index (χ3v) is 2.15. The molecule has 2 N–H and O–H groups in total. The minimum Gasteiger partial charge on any atom is -0.491 e. The Morgan fingerprint density at radius 2 is 1.67 bits per heavy atom. The largest absolute Gasteiger partial charge is 0.491 e. The Bertz CT molecular complexity index is 425. The topological polar surface area (TPSA) is 78.6 Å². The Morgan fingerprint density at radius 3 is 2.11 bits per heavy atom. The lowest BCUT2D eigenvalue weighted by Crippen LogP contribution is -2.30. The van der Waals surface area contributed by atoms with Crippen LogP contribution in [0.25, 0.3) is 0 Å². The molecular formula is C13H17NO4. The molecule has 1 rings (SSSR count). The van der Waals surface area contributed by atoms with Crippen molar-refractivity contribution in [2.75, 3.05) is 0 Å². The Balaban J connectivity index is 2.67. The number of primary amides is 1. The summed E-state index contributed by atoms with van der Waals surface area (Å²) < 4.78 is 10.3. The molecule has 0 bridgehead atoms. The van der Waals surface area contributed by atoms with Crippen molar-refractivity contribution >= 4 is 11.9 Å². The van der Waals surface area contributed by atoms with Gasteiger partial charge in [-0.3, -0.25) is 4.79 Å². The fourth-order valence-electron chi connectivity index (χ4n) is 1.23. The first-order chi connectivity index (χ1) is 8.40. The lowest BCUT2D eigenvalue weighted by molar-refractivity contribution is -0.125. The van der Waals surface area contributed by atoms with E-state index in [0.717, 1.165) is 0 Å². The summed E-state index contributed by atoms with van der Waals surface area (Å²) >= 11 is 0. The molecule has 0 saturated heterocycles. The summed E-state index contributed by atoms with van der Waals surface area (Å²) in [4.78, 5) is 22.4. The molecule has 0 spiro atoms. The summed E-state index contributed by atoms with van der Waals surface area (Å²) in [6, 6.07) is 6.50. The summed E-state index contributed by atoms with van der Waals surface area (Å²) in [6.45, 7) is 5.25. The summed E-state index contributed by atoms with van der Waals surface area (Å²) in [5.74, 6) is -0.593. The van der Waals surface area contributed by atoms with Crippen LogP contribution < -0.4 is 10.5 Å².